The first-order valence-electron chi connectivity index (χ1n) is 9.61. The first kappa shape index (κ1) is 18.6. The maximum atomic E-state index is 5.46. The molecule has 1 aromatic carbocycles. The maximum Gasteiger partial charge on any atom is 0.146 e. The smallest absolute Gasteiger partial charge is 0.146 e. The summed E-state index contributed by atoms with van der Waals surface area (Å²) in [5.41, 5.74) is 5.23. The number of thiazole rings is 1. The zero-order chi connectivity index (χ0) is 19.5. The number of aromatic nitrogens is 3. The van der Waals surface area contributed by atoms with E-state index in [1.165, 1.54) is 11.1 Å². The molecular weight excluding hydrogens is 402 g/mol. The second-order valence-electron chi connectivity index (χ2n) is 6.91. The summed E-state index contributed by atoms with van der Waals surface area (Å²) in [6.07, 6.45) is 0. The van der Waals surface area contributed by atoms with Crippen LogP contribution in [0.3, 0.4) is 0 Å². The molecule has 0 radical (unpaired) electrons. The molecule has 1 aliphatic heterocycles. The molecule has 1 N–H and O–H groups in total. The second kappa shape index (κ2) is 8.54. The summed E-state index contributed by atoms with van der Waals surface area (Å²) in [5.74, 6) is 1.73. The third-order valence-corrected chi connectivity index (χ3v) is 6.46. The molecule has 1 fully saturated rings. The van der Waals surface area contributed by atoms with Gasteiger partial charge in [-0.1, -0.05) is 30.3 Å². The number of fused-ring (bicyclic) bond motifs is 1. The quantitative estimate of drug-likeness (QED) is 0.500. The zero-order valence-corrected chi connectivity index (χ0v) is 17.5. The van der Waals surface area contributed by atoms with Gasteiger partial charge in [-0.2, -0.15) is 0 Å². The van der Waals surface area contributed by atoms with E-state index in [1.54, 1.807) is 22.7 Å². The molecule has 8 heteroatoms. The highest BCUT2D eigenvalue weighted by Gasteiger charge is 2.18. The predicted molar refractivity (Wildman–Crippen MR) is 118 cm³/mol. The minimum absolute atomic E-state index is 0.649. The largest absolute Gasteiger partial charge is 0.379 e. The number of hydrogen-bond donors (Lipinski definition) is 1. The minimum Gasteiger partial charge on any atom is -0.379 e. The molecule has 4 aromatic rings. The molecule has 0 unspecified atom stereocenters. The van der Waals surface area contributed by atoms with Crippen molar-refractivity contribution in [3.63, 3.8) is 0 Å². The Balaban J connectivity index is 1.52. The standard InChI is InChI=1S/C21H21N5OS2/c1-2-4-15(5-3-1)17-13-29-21-19(17)20(22-10-16-12-28-14-23-16)24-18(25-21)11-26-6-8-27-9-7-26/h1-5,12-14H,6-11H2,(H,22,24,25). The SMILES string of the molecule is c1ccc(-c2csc3nc(CN4CCOCC4)nc(NCc4cscn4)c23)cc1. The molecule has 0 spiro atoms. The van der Waals surface area contributed by atoms with Gasteiger partial charge < -0.3 is 10.1 Å². The van der Waals surface area contributed by atoms with Crippen molar-refractivity contribution in [3.8, 4) is 11.1 Å². The van der Waals surface area contributed by atoms with E-state index in [0.717, 1.165) is 60.4 Å². The van der Waals surface area contributed by atoms with Gasteiger partial charge in [-0.25, -0.2) is 15.0 Å². The van der Waals surface area contributed by atoms with E-state index >= 15 is 0 Å². The van der Waals surface area contributed by atoms with Gasteiger partial charge in [0, 0.05) is 29.4 Å². The van der Waals surface area contributed by atoms with Crippen molar-refractivity contribution in [1.82, 2.24) is 19.9 Å². The molecular formula is C21H21N5OS2. The average molecular weight is 424 g/mol. The fourth-order valence-electron chi connectivity index (χ4n) is 3.47. The van der Waals surface area contributed by atoms with Gasteiger partial charge >= 0.3 is 0 Å². The highest BCUT2D eigenvalue weighted by atomic mass is 32.1. The summed E-state index contributed by atoms with van der Waals surface area (Å²) in [5, 5.41) is 8.85. The molecule has 1 aliphatic rings. The van der Waals surface area contributed by atoms with E-state index in [1.807, 2.05) is 11.6 Å². The van der Waals surface area contributed by atoms with Gasteiger partial charge in [0.15, 0.2) is 0 Å². The lowest BCUT2D eigenvalue weighted by Gasteiger charge is -2.25. The van der Waals surface area contributed by atoms with Crippen LogP contribution in [0.25, 0.3) is 21.3 Å². The summed E-state index contributed by atoms with van der Waals surface area (Å²) in [4.78, 5) is 17.6. The van der Waals surface area contributed by atoms with E-state index < -0.39 is 0 Å². The van der Waals surface area contributed by atoms with Crippen LogP contribution in [0.15, 0.2) is 46.6 Å². The summed E-state index contributed by atoms with van der Waals surface area (Å²) in [6.45, 7) is 4.77. The van der Waals surface area contributed by atoms with Crippen LogP contribution in [0.2, 0.25) is 0 Å². The van der Waals surface area contributed by atoms with Crippen molar-refractivity contribution < 1.29 is 4.74 Å². The molecule has 1 saturated heterocycles. The molecule has 148 valence electrons. The lowest BCUT2D eigenvalue weighted by Crippen LogP contribution is -2.36. The number of nitrogens with one attached hydrogen (secondary N) is 1. The van der Waals surface area contributed by atoms with Gasteiger partial charge in [-0.05, 0) is 5.56 Å². The van der Waals surface area contributed by atoms with Crippen molar-refractivity contribution in [2.75, 3.05) is 31.6 Å². The number of hydrogen-bond acceptors (Lipinski definition) is 8. The summed E-state index contributed by atoms with van der Waals surface area (Å²) < 4.78 is 5.46. The van der Waals surface area contributed by atoms with E-state index in [-0.39, 0.29) is 0 Å². The van der Waals surface area contributed by atoms with E-state index in [0.29, 0.717) is 6.54 Å². The highest BCUT2D eigenvalue weighted by molar-refractivity contribution is 7.17. The molecule has 6 nitrogen and oxygen atoms in total. The van der Waals surface area contributed by atoms with Gasteiger partial charge in [-0.15, -0.1) is 22.7 Å². The highest BCUT2D eigenvalue weighted by Crippen LogP contribution is 2.37. The Morgan fingerprint density at radius 1 is 1.07 bits per heavy atom. The van der Waals surface area contributed by atoms with E-state index in [9.17, 15) is 0 Å². The Bertz CT molecular complexity index is 1080. The Morgan fingerprint density at radius 2 is 1.93 bits per heavy atom. The van der Waals surface area contributed by atoms with Crippen molar-refractivity contribution in [1.29, 1.82) is 0 Å². The fourth-order valence-corrected chi connectivity index (χ4v) is 5.00. The Kier molecular flexibility index (Phi) is 5.49. The van der Waals surface area contributed by atoms with Gasteiger partial charge in [0.2, 0.25) is 0 Å². The molecule has 5 rings (SSSR count). The molecule has 4 heterocycles. The predicted octanol–water partition coefficient (Wildman–Crippen LogP) is 4.26. The molecule has 0 bridgehead atoms. The lowest BCUT2D eigenvalue weighted by atomic mass is 10.1. The van der Waals surface area contributed by atoms with Crippen molar-refractivity contribution >= 4 is 38.7 Å². The average Bonchev–Trinajstić information content (AvgIpc) is 3.43. The summed E-state index contributed by atoms with van der Waals surface area (Å²) >= 11 is 3.28. The van der Waals surface area contributed by atoms with Crippen LogP contribution < -0.4 is 5.32 Å². The van der Waals surface area contributed by atoms with Crippen LogP contribution >= 0.6 is 22.7 Å². The van der Waals surface area contributed by atoms with Crippen LogP contribution in [0.4, 0.5) is 5.82 Å². The van der Waals surface area contributed by atoms with Gasteiger partial charge in [0.1, 0.15) is 16.5 Å². The second-order valence-corrected chi connectivity index (χ2v) is 8.48. The molecule has 0 saturated carbocycles. The topological polar surface area (TPSA) is 63.2 Å². The van der Waals surface area contributed by atoms with E-state index in [4.69, 9.17) is 14.7 Å². The number of ether oxygens (including phenoxy) is 1. The molecule has 29 heavy (non-hydrogen) atoms. The Hall–Kier alpha value is -2.39. The van der Waals surface area contributed by atoms with Crippen molar-refractivity contribution in [3.05, 3.63) is 58.1 Å². The minimum atomic E-state index is 0.649. The molecule has 0 aliphatic carbocycles. The first-order valence-corrected chi connectivity index (χ1v) is 11.4. The van der Waals surface area contributed by atoms with Crippen LogP contribution in [0.5, 0.6) is 0 Å². The first-order chi connectivity index (χ1) is 14.4. The molecule has 0 amide bonds. The summed E-state index contributed by atoms with van der Waals surface area (Å²) in [7, 11) is 0. The van der Waals surface area contributed by atoms with Gasteiger partial charge in [-0.3, -0.25) is 4.90 Å². The van der Waals surface area contributed by atoms with Gasteiger partial charge in [0.05, 0.1) is 42.9 Å². The molecule has 3 aromatic heterocycles. The third kappa shape index (κ3) is 4.16. The van der Waals surface area contributed by atoms with Crippen LogP contribution in [0, 0.1) is 0 Å². The number of thiophene rings is 1. The normalized spacial score (nSPS) is 15.0. The fraction of sp³-hybridized carbons (Fsp3) is 0.286. The zero-order valence-electron chi connectivity index (χ0n) is 15.9. The van der Waals surface area contributed by atoms with Gasteiger partial charge in [0.25, 0.3) is 0 Å². The number of anilines is 1. The monoisotopic (exact) mass is 423 g/mol. The number of nitrogens with zero attached hydrogens (tertiary/aromatic N) is 4. The van der Waals surface area contributed by atoms with Crippen LogP contribution in [-0.2, 0) is 17.8 Å². The lowest BCUT2D eigenvalue weighted by molar-refractivity contribution is 0.0331. The van der Waals surface area contributed by atoms with E-state index in [2.05, 4.69) is 50.2 Å². The van der Waals surface area contributed by atoms with Crippen LogP contribution in [-0.4, -0.2) is 46.2 Å². The number of rotatable bonds is 6. The molecule has 0 atom stereocenters. The van der Waals surface area contributed by atoms with Crippen molar-refractivity contribution in [2.24, 2.45) is 0 Å². The Morgan fingerprint density at radius 3 is 2.72 bits per heavy atom. The number of benzene rings is 1. The van der Waals surface area contributed by atoms with Crippen LogP contribution in [0.1, 0.15) is 11.5 Å². The Labute approximate surface area is 177 Å². The third-order valence-electron chi connectivity index (χ3n) is 4.95. The number of morpholine rings is 1. The maximum absolute atomic E-state index is 5.46. The summed E-state index contributed by atoms with van der Waals surface area (Å²) in [6, 6.07) is 10.4. The van der Waals surface area contributed by atoms with Crippen molar-refractivity contribution in [2.45, 2.75) is 13.1 Å².